The van der Waals surface area contributed by atoms with Gasteiger partial charge in [0, 0.05) is 7.05 Å². The van der Waals surface area contributed by atoms with Gasteiger partial charge in [-0.2, -0.15) is 0 Å². The molecule has 0 fully saturated rings. The fourth-order valence-corrected chi connectivity index (χ4v) is 1.55. The Morgan fingerprint density at radius 2 is 1.90 bits per heavy atom. The van der Waals surface area contributed by atoms with Gasteiger partial charge in [0.2, 0.25) is 11.8 Å². The van der Waals surface area contributed by atoms with Crippen LogP contribution >= 0.6 is 12.4 Å². The summed E-state index contributed by atoms with van der Waals surface area (Å²) in [5, 5.41) is 2.41. The molecule has 2 amide bonds. The van der Waals surface area contributed by atoms with Crippen LogP contribution in [-0.4, -0.2) is 36.9 Å². The zero-order chi connectivity index (χ0) is 14.4. The zero-order valence-corrected chi connectivity index (χ0v) is 12.2. The first-order valence-electron chi connectivity index (χ1n) is 5.93. The second-order valence-electron chi connectivity index (χ2n) is 4.21. The minimum Gasteiger partial charge on any atom is -0.346 e. The normalized spacial score (nSPS) is 11.2. The number of benzene rings is 1. The Morgan fingerprint density at radius 3 is 2.40 bits per heavy atom. The lowest BCUT2D eigenvalue weighted by molar-refractivity contribution is -0.133. The fourth-order valence-electron chi connectivity index (χ4n) is 1.55. The number of hydrogen-bond acceptors (Lipinski definition) is 3. The molecule has 0 radical (unpaired) electrons. The summed E-state index contributed by atoms with van der Waals surface area (Å²) in [4.78, 5) is 24.3. The van der Waals surface area contributed by atoms with Gasteiger partial charge in [-0.3, -0.25) is 9.59 Å². The van der Waals surface area contributed by atoms with Crippen molar-refractivity contribution in [2.45, 2.75) is 13.0 Å². The summed E-state index contributed by atoms with van der Waals surface area (Å²) >= 11 is 0. The van der Waals surface area contributed by atoms with Gasteiger partial charge in [-0.05, 0) is 24.6 Å². The van der Waals surface area contributed by atoms with Crippen molar-refractivity contribution < 1.29 is 14.0 Å². The number of carbonyl (C=O) groups excluding carboxylic acids is 2. The molecule has 0 aromatic heterocycles. The fraction of sp³-hybridized carbons (Fsp3) is 0.385. The van der Waals surface area contributed by atoms with Gasteiger partial charge < -0.3 is 16.0 Å². The summed E-state index contributed by atoms with van der Waals surface area (Å²) in [5.41, 5.74) is 5.95. The number of rotatable bonds is 5. The molecule has 0 heterocycles. The molecule has 0 bridgehead atoms. The van der Waals surface area contributed by atoms with Crippen LogP contribution in [0, 0.1) is 5.82 Å². The van der Waals surface area contributed by atoms with E-state index in [2.05, 4.69) is 5.32 Å². The van der Waals surface area contributed by atoms with E-state index < -0.39 is 0 Å². The number of amides is 2. The Labute approximate surface area is 123 Å². The number of nitrogens with one attached hydrogen (secondary N) is 1. The summed E-state index contributed by atoms with van der Waals surface area (Å²) in [5.74, 6) is -0.935. The smallest absolute Gasteiger partial charge is 0.242 e. The molecule has 3 N–H and O–H groups in total. The molecule has 0 aliphatic carbocycles. The van der Waals surface area contributed by atoms with Crippen LogP contribution in [0.15, 0.2) is 24.3 Å². The SMILES string of the molecule is CC(c1ccc(F)cc1)N(C)C(=O)CNC(=O)CN.Cl. The standard InChI is InChI=1S/C13H18FN3O2.ClH/c1-9(10-3-5-11(14)6-4-10)17(2)13(19)8-16-12(18)7-15;/h3-6,9H,7-8,15H2,1-2H3,(H,16,18);1H. The predicted molar refractivity (Wildman–Crippen MR) is 76.9 cm³/mol. The van der Waals surface area contributed by atoms with Crippen molar-refractivity contribution >= 4 is 24.2 Å². The van der Waals surface area contributed by atoms with Crippen molar-refractivity contribution in [1.82, 2.24) is 10.2 Å². The first-order chi connectivity index (χ1) is 8.95. The highest BCUT2D eigenvalue weighted by Gasteiger charge is 2.17. The Kier molecular flexibility index (Phi) is 7.79. The van der Waals surface area contributed by atoms with Gasteiger partial charge in [0.05, 0.1) is 19.1 Å². The lowest BCUT2D eigenvalue weighted by atomic mass is 10.1. The Hall–Kier alpha value is -1.66. The van der Waals surface area contributed by atoms with Gasteiger partial charge >= 0.3 is 0 Å². The highest BCUT2D eigenvalue weighted by Crippen LogP contribution is 2.18. The molecule has 0 saturated carbocycles. The van der Waals surface area contributed by atoms with Crippen LogP contribution in [0.3, 0.4) is 0 Å². The van der Waals surface area contributed by atoms with E-state index in [1.54, 1.807) is 19.2 Å². The molecular weight excluding hydrogens is 285 g/mol. The number of hydrogen-bond donors (Lipinski definition) is 2. The molecule has 0 aliphatic heterocycles. The zero-order valence-electron chi connectivity index (χ0n) is 11.4. The molecule has 1 aromatic carbocycles. The van der Waals surface area contributed by atoms with Crippen molar-refractivity contribution in [1.29, 1.82) is 0 Å². The lowest BCUT2D eigenvalue weighted by Crippen LogP contribution is -2.41. The molecule has 0 saturated heterocycles. The summed E-state index contributed by atoms with van der Waals surface area (Å²) < 4.78 is 12.8. The summed E-state index contributed by atoms with van der Waals surface area (Å²) in [6, 6.07) is 5.74. The average Bonchev–Trinajstić information content (AvgIpc) is 2.43. The summed E-state index contributed by atoms with van der Waals surface area (Å²) in [6.07, 6.45) is 0. The van der Waals surface area contributed by atoms with Gasteiger partial charge in [-0.1, -0.05) is 12.1 Å². The maximum atomic E-state index is 12.8. The molecule has 7 heteroatoms. The van der Waals surface area contributed by atoms with E-state index in [1.165, 1.54) is 17.0 Å². The number of likely N-dealkylation sites (N-methyl/N-ethyl adjacent to an activating group) is 1. The van der Waals surface area contributed by atoms with Crippen LogP contribution in [0.4, 0.5) is 4.39 Å². The molecule has 0 spiro atoms. The van der Waals surface area contributed by atoms with Gasteiger partial charge in [0.15, 0.2) is 0 Å². The molecule has 0 aliphatic rings. The van der Waals surface area contributed by atoms with E-state index in [-0.39, 0.29) is 49.2 Å². The monoisotopic (exact) mass is 303 g/mol. The van der Waals surface area contributed by atoms with Crippen LogP contribution in [-0.2, 0) is 9.59 Å². The Bertz CT molecular complexity index is 453. The largest absolute Gasteiger partial charge is 0.346 e. The van der Waals surface area contributed by atoms with Gasteiger partial charge in [-0.15, -0.1) is 12.4 Å². The third-order valence-electron chi connectivity index (χ3n) is 2.95. The number of nitrogens with two attached hydrogens (primary N) is 1. The minimum absolute atomic E-state index is 0. The van der Waals surface area contributed by atoms with Crippen molar-refractivity contribution in [2.75, 3.05) is 20.1 Å². The van der Waals surface area contributed by atoms with E-state index in [0.717, 1.165) is 5.56 Å². The topological polar surface area (TPSA) is 75.4 Å². The molecule has 20 heavy (non-hydrogen) atoms. The van der Waals surface area contributed by atoms with Crippen LogP contribution in [0.5, 0.6) is 0 Å². The van der Waals surface area contributed by atoms with E-state index in [1.807, 2.05) is 6.92 Å². The van der Waals surface area contributed by atoms with Crippen LogP contribution in [0.1, 0.15) is 18.5 Å². The average molecular weight is 304 g/mol. The molecular formula is C13H19ClFN3O2. The van der Waals surface area contributed by atoms with E-state index in [4.69, 9.17) is 5.73 Å². The lowest BCUT2D eigenvalue weighted by Gasteiger charge is -2.25. The van der Waals surface area contributed by atoms with Crippen molar-refractivity contribution in [3.63, 3.8) is 0 Å². The Morgan fingerprint density at radius 1 is 1.35 bits per heavy atom. The van der Waals surface area contributed by atoms with Crippen LogP contribution in [0.2, 0.25) is 0 Å². The maximum Gasteiger partial charge on any atom is 0.242 e. The summed E-state index contributed by atoms with van der Waals surface area (Å²) in [6.45, 7) is 1.58. The first-order valence-corrected chi connectivity index (χ1v) is 5.93. The van der Waals surface area contributed by atoms with Crippen LogP contribution in [0.25, 0.3) is 0 Å². The van der Waals surface area contributed by atoms with E-state index in [0.29, 0.717) is 0 Å². The van der Waals surface area contributed by atoms with Crippen molar-refractivity contribution in [3.05, 3.63) is 35.6 Å². The highest BCUT2D eigenvalue weighted by molar-refractivity contribution is 5.85. The quantitative estimate of drug-likeness (QED) is 0.846. The second-order valence-corrected chi connectivity index (χ2v) is 4.21. The van der Waals surface area contributed by atoms with Gasteiger partial charge in [0.1, 0.15) is 5.82 Å². The Balaban J connectivity index is 0.00000361. The molecule has 1 atom stereocenters. The number of nitrogens with zero attached hydrogens (tertiary/aromatic N) is 1. The molecule has 5 nitrogen and oxygen atoms in total. The van der Waals surface area contributed by atoms with Crippen molar-refractivity contribution in [2.24, 2.45) is 5.73 Å². The molecule has 112 valence electrons. The molecule has 1 rings (SSSR count). The van der Waals surface area contributed by atoms with Crippen LogP contribution < -0.4 is 11.1 Å². The number of halogens is 2. The predicted octanol–water partition coefficient (Wildman–Crippen LogP) is 0.842. The van der Waals surface area contributed by atoms with Gasteiger partial charge in [0.25, 0.3) is 0 Å². The molecule has 1 aromatic rings. The third kappa shape index (κ3) is 5.14. The van der Waals surface area contributed by atoms with Crippen molar-refractivity contribution in [3.8, 4) is 0 Å². The minimum atomic E-state index is -0.379. The maximum absolute atomic E-state index is 12.8. The third-order valence-corrected chi connectivity index (χ3v) is 2.95. The van der Waals surface area contributed by atoms with E-state index in [9.17, 15) is 14.0 Å². The first kappa shape index (κ1) is 18.3. The molecule has 1 unspecified atom stereocenters. The highest BCUT2D eigenvalue weighted by atomic mass is 35.5. The van der Waals surface area contributed by atoms with Gasteiger partial charge in [-0.25, -0.2) is 4.39 Å². The number of carbonyl (C=O) groups is 2. The summed E-state index contributed by atoms with van der Waals surface area (Å²) in [7, 11) is 1.63. The second kappa shape index (κ2) is 8.50. The van der Waals surface area contributed by atoms with E-state index >= 15 is 0 Å².